The van der Waals surface area contributed by atoms with Gasteiger partial charge in [-0.2, -0.15) is 0 Å². The van der Waals surface area contributed by atoms with Gasteiger partial charge in [0.2, 0.25) is 0 Å². The van der Waals surface area contributed by atoms with Crippen LogP contribution in [0.2, 0.25) is 0 Å². The van der Waals surface area contributed by atoms with Gasteiger partial charge in [0.15, 0.2) is 0 Å². The molecule has 7 heavy (non-hydrogen) atoms. The predicted molar refractivity (Wildman–Crippen MR) is 24.2 cm³/mol. The third-order valence-electron chi connectivity index (χ3n) is 0.538. The van der Waals surface area contributed by atoms with Crippen LogP contribution in [0.3, 0.4) is 0 Å². The molecule has 0 atom stereocenters. The zero-order valence-electron chi connectivity index (χ0n) is 3.33. The third kappa shape index (κ3) is 1.31. The van der Waals surface area contributed by atoms with Crippen molar-refractivity contribution < 1.29 is 18.2 Å². The first-order valence-corrected chi connectivity index (χ1v) is 5.44. The van der Waals surface area contributed by atoms with Gasteiger partial charge in [-0.25, -0.2) is 0 Å². The van der Waals surface area contributed by atoms with Gasteiger partial charge in [-0.1, -0.05) is 0 Å². The molecule has 0 amide bonds. The molecule has 0 fully saturated rings. The Hall–Kier alpha value is 0.240. The van der Waals surface area contributed by atoms with E-state index in [0.717, 1.165) is 3.63 Å². The number of nitrogens with one attached hydrogen (secondary N) is 2. The maximum absolute atomic E-state index is 5.50. The average Bonchev–Trinajstić information content (AvgIpc) is 2.14. The Kier molecular flexibility index (Phi) is 1.94. The van der Waals surface area contributed by atoms with Crippen LogP contribution < -0.4 is 0 Å². The topological polar surface area (TPSA) is 31.6 Å². The van der Waals surface area contributed by atoms with Gasteiger partial charge in [0.25, 0.3) is 0 Å². The summed E-state index contributed by atoms with van der Waals surface area (Å²) >= 11 is -0.198. The second-order valence-electron chi connectivity index (χ2n) is 0.955. The number of halogens is 1. The van der Waals surface area contributed by atoms with Crippen LogP contribution in [0.5, 0.6) is 0 Å². The molecule has 0 bridgehead atoms. The molecular formula is C3H4AuClN2. The van der Waals surface area contributed by atoms with E-state index in [4.69, 9.17) is 9.19 Å². The monoisotopic (exact) mass is 300 g/mol. The van der Waals surface area contributed by atoms with Crippen molar-refractivity contribution in [2.45, 2.75) is 0 Å². The molecule has 0 aliphatic rings. The summed E-state index contributed by atoms with van der Waals surface area (Å²) in [5.41, 5.74) is 0. The zero-order chi connectivity index (χ0) is 5.11. The van der Waals surface area contributed by atoms with E-state index >= 15 is 0 Å². The van der Waals surface area contributed by atoms with E-state index in [1.165, 1.54) is 0 Å². The van der Waals surface area contributed by atoms with Crippen molar-refractivity contribution in [1.82, 2.24) is 9.97 Å². The summed E-state index contributed by atoms with van der Waals surface area (Å²) in [6.07, 6.45) is 3.66. The minimum absolute atomic E-state index is 0.198. The summed E-state index contributed by atoms with van der Waals surface area (Å²) in [4.78, 5) is 5.89. The molecule has 1 aromatic heterocycles. The van der Waals surface area contributed by atoms with E-state index in [-0.39, 0.29) is 18.2 Å². The van der Waals surface area contributed by atoms with Crippen LogP contribution >= 0.6 is 9.19 Å². The van der Waals surface area contributed by atoms with Crippen LogP contribution in [0.4, 0.5) is 0 Å². The van der Waals surface area contributed by atoms with Crippen molar-refractivity contribution >= 4 is 9.19 Å². The summed E-state index contributed by atoms with van der Waals surface area (Å²) in [6, 6.07) is 0. The number of hydrogen-bond donors (Lipinski definition) is 2. The fraction of sp³-hybridized carbons (Fsp3) is 0. The summed E-state index contributed by atoms with van der Waals surface area (Å²) in [5.74, 6) is 0. The molecule has 1 rings (SSSR count). The first-order chi connectivity index (χ1) is 3.43. The molecule has 2 nitrogen and oxygen atoms in total. The molecule has 2 N–H and O–H groups in total. The van der Waals surface area contributed by atoms with Crippen molar-refractivity contribution in [2.24, 2.45) is 0 Å². The van der Waals surface area contributed by atoms with Crippen molar-refractivity contribution in [1.29, 1.82) is 0 Å². The van der Waals surface area contributed by atoms with Crippen LogP contribution in [0.15, 0.2) is 12.4 Å². The SMILES string of the molecule is [Cl][Au]=[c]1[nH]cc[nH]1. The molecule has 0 aliphatic heterocycles. The number of rotatable bonds is 0. The number of H-pyrrole nitrogens is 2. The van der Waals surface area contributed by atoms with Gasteiger partial charge >= 0.3 is 53.4 Å². The summed E-state index contributed by atoms with van der Waals surface area (Å²) in [5, 5.41) is 0. The maximum atomic E-state index is 5.50. The van der Waals surface area contributed by atoms with Gasteiger partial charge < -0.3 is 0 Å². The van der Waals surface area contributed by atoms with Gasteiger partial charge in [-0.05, 0) is 0 Å². The molecule has 0 radical (unpaired) electrons. The van der Waals surface area contributed by atoms with E-state index < -0.39 is 0 Å². The molecule has 4 heteroatoms. The van der Waals surface area contributed by atoms with E-state index in [0.29, 0.717) is 0 Å². The van der Waals surface area contributed by atoms with Crippen LogP contribution in [0.1, 0.15) is 0 Å². The molecule has 44 valence electrons. The Labute approximate surface area is 53.6 Å². The fourth-order valence-corrected chi connectivity index (χ4v) is 1.43. The summed E-state index contributed by atoms with van der Waals surface area (Å²) < 4.78 is 1.04. The van der Waals surface area contributed by atoms with Gasteiger partial charge in [0.1, 0.15) is 0 Å². The molecule has 0 aromatic carbocycles. The van der Waals surface area contributed by atoms with Gasteiger partial charge in [0.05, 0.1) is 0 Å². The van der Waals surface area contributed by atoms with Crippen molar-refractivity contribution in [3.63, 3.8) is 0 Å². The number of imidazole rings is 1. The molecule has 0 aliphatic carbocycles. The number of hydrogen-bond acceptors (Lipinski definition) is 0. The van der Waals surface area contributed by atoms with E-state index in [1.54, 1.807) is 0 Å². The van der Waals surface area contributed by atoms with Crippen LogP contribution in [-0.2, 0) is 18.2 Å². The third-order valence-corrected chi connectivity index (χ3v) is 2.51. The molecule has 0 spiro atoms. The zero-order valence-corrected chi connectivity index (χ0v) is 6.26. The molecule has 1 heterocycles. The number of aromatic amines is 2. The molecule has 0 saturated carbocycles. The van der Waals surface area contributed by atoms with Crippen LogP contribution in [0, 0.1) is 3.63 Å². The van der Waals surface area contributed by atoms with Crippen molar-refractivity contribution in [2.75, 3.05) is 0 Å². The molecule has 0 saturated heterocycles. The van der Waals surface area contributed by atoms with Gasteiger partial charge in [-0.15, -0.1) is 0 Å². The Bertz CT molecular complexity index is 172. The molecular weight excluding hydrogens is 296 g/mol. The normalized spacial score (nSPS) is 9.86. The van der Waals surface area contributed by atoms with Crippen molar-refractivity contribution in [3.8, 4) is 0 Å². The second kappa shape index (κ2) is 2.52. The quantitative estimate of drug-likeness (QED) is 0.673. The Morgan fingerprint density at radius 1 is 1.43 bits per heavy atom. The van der Waals surface area contributed by atoms with Gasteiger partial charge in [0, 0.05) is 0 Å². The Morgan fingerprint density at radius 2 is 2.00 bits per heavy atom. The minimum atomic E-state index is -0.198. The molecule has 0 unspecified atom stereocenters. The Balaban J connectivity index is 3.22. The predicted octanol–water partition coefficient (Wildman–Crippen LogP) is 1.11. The first-order valence-electron chi connectivity index (χ1n) is 1.68. The number of aromatic nitrogens is 2. The van der Waals surface area contributed by atoms with Crippen LogP contribution in [0.25, 0.3) is 0 Å². The van der Waals surface area contributed by atoms with Crippen LogP contribution in [-0.4, -0.2) is 9.97 Å². The molecule has 1 aromatic rings. The summed E-state index contributed by atoms with van der Waals surface area (Å²) in [6.45, 7) is 0. The van der Waals surface area contributed by atoms with E-state index in [9.17, 15) is 0 Å². The average molecular weight is 300 g/mol. The Morgan fingerprint density at radius 3 is 2.29 bits per heavy atom. The standard InChI is InChI=1S/C3H4N2.Au.ClH/c1-2-5-3-4-1;;/h1-2,4-5H;;1H/q;+1;/p-1. The first kappa shape index (κ1) is 5.38. The van der Waals surface area contributed by atoms with E-state index in [1.807, 2.05) is 12.4 Å². The summed E-state index contributed by atoms with van der Waals surface area (Å²) in [7, 11) is 5.50. The second-order valence-corrected chi connectivity index (χ2v) is 3.38. The van der Waals surface area contributed by atoms with Gasteiger partial charge in [-0.3, -0.25) is 0 Å². The van der Waals surface area contributed by atoms with E-state index in [2.05, 4.69) is 9.97 Å². The fourth-order valence-electron chi connectivity index (χ4n) is 0.291. The van der Waals surface area contributed by atoms with Crippen molar-refractivity contribution in [3.05, 3.63) is 16.0 Å².